The number of hydrogen-bond donors (Lipinski definition) is 1. The highest BCUT2D eigenvalue weighted by molar-refractivity contribution is 4.61. The summed E-state index contributed by atoms with van der Waals surface area (Å²) in [6.07, 6.45) is 5.21. The molecule has 0 saturated heterocycles. The Bertz CT molecular complexity index is 76.9. The predicted octanol–water partition coefficient (Wildman–Crippen LogP) is 2.80. The first-order valence-electron chi connectivity index (χ1n) is 4.94. The average Bonchev–Trinajstić information content (AvgIpc) is 2.01. The monoisotopic (exact) mass is 157 g/mol. The third-order valence-electron chi connectivity index (χ3n) is 2.55. The van der Waals surface area contributed by atoms with Crippen LogP contribution in [0.15, 0.2) is 0 Å². The fourth-order valence-corrected chi connectivity index (χ4v) is 1.59. The number of rotatable bonds is 6. The van der Waals surface area contributed by atoms with Crippen LogP contribution in [0.25, 0.3) is 0 Å². The molecule has 0 fully saturated rings. The van der Waals surface area contributed by atoms with Crippen LogP contribution < -0.4 is 5.73 Å². The first kappa shape index (κ1) is 11.0. The molecule has 0 aliphatic carbocycles. The number of hydrogen-bond acceptors (Lipinski definition) is 1. The highest BCUT2D eigenvalue weighted by Gasteiger charge is 2.08. The molecule has 0 spiro atoms. The van der Waals surface area contributed by atoms with E-state index in [9.17, 15) is 0 Å². The first-order chi connectivity index (χ1) is 5.24. The van der Waals surface area contributed by atoms with Crippen LogP contribution in [0.2, 0.25) is 0 Å². The molecule has 0 amide bonds. The van der Waals surface area contributed by atoms with Crippen molar-refractivity contribution < 1.29 is 0 Å². The Morgan fingerprint density at radius 2 is 1.73 bits per heavy atom. The van der Waals surface area contributed by atoms with Gasteiger partial charge in [0.05, 0.1) is 0 Å². The van der Waals surface area contributed by atoms with Crippen molar-refractivity contribution in [2.75, 3.05) is 6.54 Å². The van der Waals surface area contributed by atoms with E-state index in [1.54, 1.807) is 0 Å². The molecule has 68 valence electrons. The summed E-state index contributed by atoms with van der Waals surface area (Å²) in [7, 11) is 0. The van der Waals surface area contributed by atoms with E-state index in [0.717, 1.165) is 18.4 Å². The minimum absolute atomic E-state index is 0.824. The van der Waals surface area contributed by atoms with Crippen molar-refractivity contribution in [3.8, 4) is 0 Å². The second-order valence-corrected chi connectivity index (χ2v) is 3.60. The van der Waals surface area contributed by atoms with E-state index in [4.69, 9.17) is 5.73 Å². The van der Waals surface area contributed by atoms with E-state index < -0.39 is 0 Å². The SMILES string of the molecule is CCC(CC)CC(C)CCN. The number of nitrogens with two attached hydrogens (primary N) is 1. The van der Waals surface area contributed by atoms with Crippen LogP contribution in [0.1, 0.15) is 46.5 Å². The lowest BCUT2D eigenvalue weighted by Gasteiger charge is -2.17. The maximum Gasteiger partial charge on any atom is -0.00747 e. The lowest BCUT2D eigenvalue weighted by Crippen LogP contribution is -2.10. The van der Waals surface area contributed by atoms with Crippen LogP contribution in [0.5, 0.6) is 0 Å². The smallest absolute Gasteiger partial charge is 0.00747 e. The zero-order chi connectivity index (χ0) is 8.69. The van der Waals surface area contributed by atoms with E-state index in [-0.39, 0.29) is 0 Å². The van der Waals surface area contributed by atoms with Gasteiger partial charge in [-0.15, -0.1) is 0 Å². The zero-order valence-corrected chi connectivity index (χ0v) is 8.27. The van der Waals surface area contributed by atoms with E-state index in [0.29, 0.717) is 0 Å². The molecular formula is C10H23N. The molecule has 0 aromatic carbocycles. The van der Waals surface area contributed by atoms with Gasteiger partial charge in [0, 0.05) is 0 Å². The molecule has 11 heavy (non-hydrogen) atoms. The summed E-state index contributed by atoms with van der Waals surface area (Å²) >= 11 is 0. The van der Waals surface area contributed by atoms with E-state index >= 15 is 0 Å². The molecule has 0 heterocycles. The van der Waals surface area contributed by atoms with E-state index in [1.165, 1.54) is 25.7 Å². The summed E-state index contributed by atoms with van der Waals surface area (Å²) in [5.41, 5.74) is 5.49. The summed E-state index contributed by atoms with van der Waals surface area (Å²) in [6, 6.07) is 0. The first-order valence-corrected chi connectivity index (χ1v) is 4.94. The van der Waals surface area contributed by atoms with Gasteiger partial charge in [0.1, 0.15) is 0 Å². The second kappa shape index (κ2) is 6.66. The third kappa shape index (κ3) is 5.25. The molecule has 0 radical (unpaired) electrons. The Balaban J connectivity index is 3.44. The van der Waals surface area contributed by atoms with Gasteiger partial charge in [-0.25, -0.2) is 0 Å². The van der Waals surface area contributed by atoms with Crippen LogP contribution in [0.3, 0.4) is 0 Å². The Kier molecular flexibility index (Phi) is 6.63. The minimum atomic E-state index is 0.824. The lowest BCUT2D eigenvalue weighted by molar-refractivity contribution is 0.359. The van der Waals surface area contributed by atoms with E-state index in [2.05, 4.69) is 20.8 Å². The maximum atomic E-state index is 5.49. The van der Waals surface area contributed by atoms with Gasteiger partial charge in [-0.05, 0) is 31.2 Å². The summed E-state index contributed by atoms with van der Waals surface area (Å²) in [5.74, 6) is 1.75. The Morgan fingerprint density at radius 1 is 1.18 bits per heavy atom. The zero-order valence-electron chi connectivity index (χ0n) is 8.27. The van der Waals surface area contributed by atoms with Gasteiger partial charge in [-0.1, -0.05) is 33.6 Å². The van der Waals surface area contributed by atoms with Crippen molar-refractivity contribution in [3.63, 3.8) is 0 Å². The minimum Gasteiger partial charge on any atom is -0.330 e. The largest absolute Gasteiger partial charge is 0.330 e. The highest BCUT2D eigenvalue weighted by Crippen LogP contribution is 2.20. The lowest BCUT2D eigenvalue weighted by atomic mass is 9.90. The Hall–Kier alpha value is -0.0400. The van der Waals surface area contributed by atoms with Crippen LogP contribution in [-0.2, 0) is 0 Å². The molecule has 0 rings (SSSR count). The van der Waals surface area contributed by atoms with Gasteiger partial charge in [-0.2, -0.15) is 0 Å². The average molecular weight is 157 g/mol. The van der Waals surface area contributed by atoms with Gasteiger partial charge in [0.15, 0.2) is 0 Å². The summed E-state index contributed by atoms with van der Waals surface area (Å²) in [4.78, 5) is 0. The van der Waals surface area contributed by atoms with Crippen LogP contribution in [-0.4, -0.2) is 6.54 Å². The van der Waals surface area contributed by atoms with Gasteiger partial charge in [-0.3, -0.25) is 0 Å². The van der Waals surface area contributed by atoms with Gasteiger partial charge in [0.25, 0.3) is 0 Å². The molecule has 0 aliphatic rings. The molecule has 1 unspecified atom stereocenters. The Morgan fingerprint density at radius 3 is 2.09 bits per heavy atom. The van der Waals surface area contributed by atoms with Crippen molar-refractivity contribution in [2.45, 2.75) is 46.5 Å². The van der Waals surface area contributed by atoms with Crippen LogP contribution in [0, 0.1) is 11.8 Å². The molecular weight excluding hydrogens is 134 g/mol. The Labute approximate surface area is 71.4 Å². The topological polar surface area (TPSA) is 26.0 Å². The molecule has 0 aliphatic heterocycles. The second-order valence-electron chi connectivity index (χ2n) is 3.60. The molecule has 0 aromatic rings. The van der Waals surface area contributed by atoms with Crippen LogP contribution in [0.4, 0.5) is 0 Å². The molecule has 1 atom stereocenters. The summed E-state index contributed by atoms with van der Waals surface area (Å²) in [6.45, 7) is 7.72. The fraction of sp³-hybridized carbons (Fsp3) is 1.00. The quantitative estimate of drug-likeness (QED) is 0.630. The summed E-state index contributed by atoms with van der Waals surface area (Å²) < 4.78 is 0. The molecule has 0 aromatic heterocycles. The molecule has 1 nitrogen and oxygen atoms in total. The van der Waals surface area contributed by atoms with Crippen molar-refractivity contribution in [2.24, 2.45) is 17.6 Å². The molecule has 0 bridgehead atoms. The third-order valence-corrected chi connectivity index (χ3v) is 2.55. The maximum absolute atomic E-state index is 5.49. The van der Waals surface area contributed by atoms with Gasteiger partial charge in [0.2, 0.25) is 0 Å². The fourth-order valence-electron chi connectivity index (χ4n) is 1.59. The van der Waals surface area contributed by atoms with Gasteiger partial charge >= 0.3 is 0 Å². The van der Waals surface area contributed by atoms with E-state index in [1.807, 2.05) is 0 Å². The van der Waals surface area contributed by atoms with Crippen LogP contribution >= 0.6 is 0 Å². The highest BCUT2D eigenvalue weighted by atomic mass is 14.5. The van der Waals surface area contributed by atoms with Crippen molar-refractivity contribution >= 4 is 0 Å². The normalized spacial score (nSPS) is 13.9. The summed E-state index contributed by atoms with van der Waals surface area (Å²) in [5, 5.41) is 0. The van der Waals surface area contributed by atoms with Crippen molar-refractivity contribution in [1.82, 2.24) is 0 Å². The van der Waals surface area contributed by atoms with Gasteiger partial charge < -0.3 is 5.73 Å². The molecule has 0 saturated carbocycles. The standard InChI is InChI=1S/C10H23N/c1-4-10(5-2)8-9(3)6-7-11/h9-10H,4-8,11H2,1-3H3. The van der Waals surface area contributed by atoms with Crippen molar-refractivity contribution in [1.29, 1.82) is 0 Å². The van der Waals surface area contributed by atoms with Crippen molar-refractivity contribution in [3.05, 3.63) is 0 Å². The molecule has 1 heteroatoms. The molecule has 2 N–H and O–H groups in total. The predicted molar refractivity (Wildman–Crippen MR) is 51.5 cm³/mol.